The van der Waals surface area contributed by atoms with Gasteiger partial charge in [-0.05, 0) is 37.5 Å². The molecule has 0 radical (unpaired) electrons. The monoisotopic (exact) mass is 1480 g/mol. The first-order valence-corrected chi connectivity index (χ1v) is 45.5. The fourth-order valence-electron chi connectivity index (χ4n) is 12.7. The summed E-state index contributed by atoms with van der Waals surface area (Å²) in [7, 11) is -9.92. The van der Waals surface area contributed by atoms with E-state index in [1.165, 1.54) is 238 Å². The maximum absolute atomic E-state index is 13.1. The first-order valence-electron chi connectivity index (χ1n) is 42.5. The molecule has 0 amide bonds. The number of rotatable bonds is 81. The van der Waals surface area contributed by atoms with Gasteiger partial charge >= 0.3 is 39.5 Å². The Balaban J connectivity index is 5.18. The highest BCUT2D eigenvalue weighted by Crippen LogP contribution is 2.45. The summed E-state index contributed by atoms with van der Waals surface area (Å²) in [5.74, 6) is -0.452. The number of aliphatic hydroxyl groups is 1. The lowest BCUT2D eigenvalue weighted by molar-refractivity contribution is -0.161. The lowest BCUT2D eigenvalue weighted by Gasteiger charge is -2.21. The number of phosphoric acid groups is 2. The highest BCUT2D eigenvalue weighted by Gasteiger charge is 2.30. The van der Waals surface area contributed by atoms with Crippen LogP contribution in [0.15, 0.2) is 0 Å². The predicted molar refractivity (Wildman–Crippen MR) is 414 cm³/mol. The normalized spacial score (nSPS) is 14.2. The van der Waals surface area contributed by atoms with Crippen molar-refractivity contribution in [3.8, 4) is 0 Å². The zero-order valence-electron chi connectivity index (χ0n) is 66.2. The number of hydrogen-bond acceptors (Lipinski definition) is 15. The number of phosphoric ester groups is 2. The van der Waals surface area contributed by atoms with Crippen LogP contribution in [0.25, 0.3) is 0 Å². The van der Waals surface area contributed by atoms with Crippen LogP contribution in [0.4, 0.5) is 0 Å². The van der Waals surface area contributed by atoms with E-state index in [1.54, 1.807) is 0 Å². The van der Waals surface area contributed by atoms with E-state index < -0.39 is 97.5 Å². The summed E-state index contributed by atoms with van der Waals surface area (Å²) >= 11 is 0. The van der Waals surface area contributed by atoms with E-state index in [2.05, 4.69) is 41.5 Å². The van der Waals surface area contributed by atoms with Crippen molar-refractivity contribution in [3.63, 3.8) is 0 Å². The average Bonchev–Trinajstić information content (AvgIpc) is 1.08. The summed E-state index contributed by atoms with van der Waals surface area (Å²) in [6, 6.07) is 0. The minimum absolute atomic E-state index is 0.108. The lowest BCUT2D eigenvalue weighted by Crippen LogP contribution is -2.30. The summed E-state index contributed by atoms with van der Waals surface area (Å²) in [6.45, 7) is 9.69. The first kappa shape index (κ1) is 99.1. The van der Waals surface area contributed by atoms with Gasteiger partial charge in [-0.15, -0.1) is 0 Å². The summed E-state index contributed by atoms with van der Waals surface area (Å²) in [5, 5.41) is 10.6. The Morgan fingerprint density at radius 3 is 0.752 bits per heavy atom. The molecule has 0 aliphatic heterocycles. The molecule has 0 spiro atoms. The van der Waals surface area contributed by atoms with Crippen LogP contribution in [0.3, 0.4) is 0 Å². The fourth-order valence-corrected chi connectivity index (χ4v) is 14.3. The van der Waals surface area contributed by atoms with E-state index in [4.69, 9.17) is 37.0 Å². The van der Waals surface area contributed by atoms with Crippen molar-refractivity contribution in [1.29, 1.82) is 0 Å². The predicted octanol–water partition coefficient (Wildman–Crippen LogP) is 24.7. The third kappa shape index (κ3) is 74.7. The Bertz CT molecular complexity index is 1940. The second-order valence-electron chi connectivity index (χ2n) is 30.2. The third-order valence-electron chi connectivity index (χ3n) is 19.6. The van der Waals surface area contributed by atoms with E-state index in [9.17, 15) is 43.2 Å². The lowest BCUT2D eigenvalue weighted by atomic mass is 9.99. The molecule has 0 aromatic carbocycles. The van der Waals surface area contributed by atoms with Gasteiger partial charge in [0, 0.05) is 25.7 Å². The minimum Gasteiger partial charge on any atom is -0.462 e. The third-order valence-corrected chi connectivity index (χ3v) is 21.5. The van der Waals surface area contributed by atoms with Gasteiger partial charge in [-0.3, -0.25) is 37.3 Å². The van der Waals surface area contributed by atoms with Crippen LogP contribution >= 0.6 is 15.6 Å². The highest BCUT2D eigenvalue weighted by molar-refractivity contribution is 7.47. The molecule has 0 saturated carbocycles. The van der Waals surface area contributed by atoms with Gasteiger partial charge in [-0.2, -0.15) is 0 Å². The quantitative estimate of drug-likeness (QED) is 0.0222. The molecular weight excluding hydrogens is 1320 g/mol. The van der Waals surface area contributed by atoms with E-state index in [-0.39, 0.29) is 25.7 Å². The zero-order valence-corrected chi connectivity index (χ0v) is 68.0. The first-order chi connectivity index (χ1) is 48.9. The molecule has 0 fully saturated rings. The molecule has 0 saturated heterocycles. The van der Waals surface area contributed by atoms with Gasteiger partial charge in [0.25, 0.3) is 0 Å². The smallest absolute Gasteiger partial charge is 0.462 e. The van der Waals surface area contributed by atoms with Crippen LogP contribution in [-0.4, -0.2) is 96.7 Å². The maximum atomic E-state index is 13.1. The van der Waals surface area contributed by atoms with Crippen molar-refractivity contribution in [2.24, 2.45) is 11.8 Å². The van der Waals surface area contributed by atoms with Gasteiger partial charge in [0.2, 0.25) is 0 Å². The molecule has 19 heteroatoms. The Morgan fingerprint density at radius 2 is 0.505 bits per heavy atom. The summed E-state index contributed by atoms with van der Waals surface area (Å²) in [5.41, 5.74) is 0. The van der Waals surface area contributed by atoms with Gasteiger partial charge in [-0.1, -0.05) is 382 Å². The molecule has 0 rings (SSSR count). The Labute approximate surface area is 619 Å². The van der Waals surface area contributed by atoms with Crippen molar-refractivity contribution in [3.05, 3.63) is 0 Å². The molecule has 0 aromatic rings. The van der Waals surface area contributed by atoms with Gasteiger partial charge in [0.15, 0.2) is 12.2 Å². The highest BCUT2D eigenvalue weighted by atomic mass is 31.2. The maximum Gasteiger partial charge on any atom is 0.472 e. The van der Waals surface area contributed by atoms with Crippen LogP contribution in [0.1, 0.15) is 433 Å². The SMILES string of the molecule is CCCCCCCCCCCCCCCCCCCC(=O)O[C@H](COC(=O)CCCCCCCCC)COP(=O)(O)OC[C@H](O)COP(=O)(O)OC[C@@H](COC(=O)CCCCCCCCCCCCCCCCC(C)CC)OC(=O)CCCCCCCCCCCCCCCCCCC(C)C. The van der Waals surface area contributed by atoms with Crippen LogP contribution < -0.4 is 0 Å². The van der Waals surface area contributed by atoms with Crippen molar-refractivity contribution in [2.75, 3.05) is 39.6 Å². The molecular formula is C82H160O17P2. The van der Waals surface area contributed by atoms with Gasteiger partial charge < -0.3 is 33.8 Å². The molecule has 17 nitrogen and oxygen atoms in total. The second kappa shape index (κ2) is 73.6. The van der Waals surface area contributed by atoms with Crippen LogP contribution in [-0.2, 0) is 65.4 Å². The van der Waals surface area contributed by atoms with E-state index in [0.717, 1.165) is 115 Å². The molecule has 101 heavy (non-hydrogen) atoms. The fraction of sp³-hybridized carbons (Fsp3) is 0.951. The molecule has 6 atom stereocenters. The molecule has 0 aliphatic rings. The van der Waals surface area contributed by atoms with Crippen molar-refractivity contribution < 1.29 is 80.2 Å². The summed E-state index contributed by atoms with van der Waals surface area (Å²) in [4.78, 5) is 72.9. The molecule has 0 aromatic heterocycles. The number of carbonyl (C=O) groups excluding carboxylic acids is 4. The van der Waals surface area contributed by atoms with E-state index in [0.29, 0.717) is 25.7 Å². The molecule has 0 aliphatic carbocycles. The van der Waals surface area contributed by atoms with Gasteiger partial charge in [0.05, 0.1) is 26.4 Å². The second-order valence-corrected chi connectivity index (χ2v) is 33.1. The van der Waals surface area contributed by atoms with Crippen LogP contribution in [0.5, 0.6) is 0 Å². The number of hydrogen-bond donors (Lipinski definition) is 3. The van der Waals surface area contributed by atoms with Gasteiger partial charge in [-0.25, -0.2) is 9.13 Å². The van der Waals surface area contributed by atoms with Gasteiger partial charge in [0.1, 0.15) is 19.3 Å². The minimum atomic E-state index is -4.96. The average molecular weight is 1480 g/mol. The van der Waals surface area contributed by atoms with Crippen molar-refractivity contribution >= 4 is 39.5 Å². The molecule has 3 N–H and O–H groups in total. The van der Waals surface area contributed by atoms with Crippen molar-refractivity contribution in [1.82, 2.24) is 0 Å². The molecule has 600 valence electrons. The van der Waals surface area contributed by atoms with Crippen LogP contribution in [0, 0.1) is 11.8 Å². The van der Waals surface area contributed by atoms with Crippen LogP contribution in [0.2, 0.25) is 0 Å². The zero-order chi connectivity index (χ0) is 74.2. The Morgan fingerprint density at radius 1 is 0.287 bits per heavy atom. The van der Waals surface area contributed by atoms with E-state index in [1.807, 2.05) is 0 Å². The largest absolute Gasteiger partial charge is 0.472 e. The number of ether oxygens (including phenoxy) is 4. The number of aliphatic hydroxyl groups excluding tert-OH is 1. The summed E-state index contributed by atoms with van der Waals surface area (Å²) < 4.78 is 68.7. The Hall–Kier alpha value is -1.94. The molecule has 0 bridgehead atoms. The topological polar surface area (TPSA) is 237 Å². The number of carbonyl (C=O) groups is 4. The Kier molecular flexibility index (Phi) is 72.2. The van der Waals surface area contributed by atoms with E-state index >= 15 is 0 Å². The van der Waals surface area contributed by atoms with Crippen molar-refractivity contribution in [2.45, 2.75) is 452 Å². The summed E-state index contributed by atoms with van der Waals surface area (Å²) in [6.07, 6.45) is 63.9. The molecule has 3 unspecified atom stereocenters. The molecule has 0 heterocycles. The number of unbranched alkanes of at least 4 members (excludes halogenated alkanes) is 50. The standard InChI is InChI=1S/C82H160O17P2/c1-7-10-12-14-16-17-18-19-20-21-25-32-37-42-48-54-60-66-81(86)98-77(70-92-79(84)64-58-52-44-15-13-11-8-2)72-96-100(88,89)94-68-76(83)69-95-101(90,91)97-73-78(71-93-80(85)65-59-53-47-41-36-31-28-27-30-35-40-46-51-57-63-75(6)9-3)99-82(87)67-61-55-49-43-38-33-26-23-22-24-29-34-39-45-50-56-62-74(4)5/h74-78,83H,7-73H2,1-6H3,(H,88,89)(H,90,91)/t75?,76-,77+,78+/m0/s1. The number of esters is 4.